The van der Waals surface area contributed by atoms with Gasteiger partial charge in [0, 0.05) is 49.2 Å². The molecule has 170 valence electrons. The number of pyridine rings is 1. The van der Waals surface area contributed by atoms with Gasteiger partial charge in [-0.25, -0.2) is 9.78 Å². The van der Waals surface area contributed by atoms with Crippen LogP contribution in [0, 0.1) is 0 Å². The zero-order valence-corrected chi connectivity index (χ0v) is 18.9. The maximum atomic E-state index is 12.8. The Balaban J connectivity index is 0.00000259. The SMILES string of the molecule is Cl.O=C1CN(c2nccc3ccccc23)CCN1CCCNc1cc(=O)oc2ccccc12. The Morgan fingerprint density at radius 1 is 0.970 bits per heavy atom. The summed E-state index contributed by atoms with van der Waals surface area (Å²) in [6.07, 6.45) is 2.58. The third-order valence-electron chi connectivity index (χ3n) is 5.84. The molecule has 1 fully saturated rings. The fourth-order valence-corrected chi connectivity index (χ4v) is 4.23. The molecule has 2 aromatic carbocycles. The fourth-order valence-electron chi connectivity index (χ4n) is 4.23. The maximum absolute atomic E-state index is 12.8. The second-order valence-corrected chi connectivity index (χ2v) is 7.91. The monoisotopic (exact) mass is 464 g/mol. The van der Waals surface area contributed by atoms with Crippen LogP contribution in [0.2, 0.25) is 0 Å². The summed E-state index contributed by atoms with van der Waals surface area (Å²) in [5.74, 6) is 0.976. The molecule has 1 saturated heterocycles. The molecule has 1 N–H and O–H groups in total. The highest BCUT2D eigenvalue weighted by atomic mass is 35.5. The van der Waals surface area contributed by atoms with Crippen molar-refractivity contribution < 1.29 is 9.21 Å². The van der Waals surface area contributed by atoms with Gasteiger partial charge in [-0.2, -0.15) is 0 Å². The first kappa shape index (κ1) is 22.6. The van der Waals surface area contributed by atoms with Gasteiger partial charge in [0.15, 0.2) is 0 Å². The van der Waals surface area contributed by atoms with E-state index in [9.17, 15) is 9.59 Å². The summed E-state index contributed by atoms with van der Waals surface area (Å²) >= 11 is 0. The molecular formula is C25H25ClN4O3. The lowest BCUT2D eigenvalue weighted by Gasteiger charge is -2.35. The molecule has 3 heterocycles. The molecule has 8 heteroatoms. The van der Waals surface area contributed by atoms with Gasteiger partial charge in [0.2, 0.25) is 5.91 Å². The summed E-state index contributed by atoms with van der Waals surface area (Å²) in [6.45, 7) is 3.08. The molecule has 1 aliphatic rings. The highest BCUT2D eigenvalue weighted by Gasteiger charge is 2.25. The minimum Gasteiger partial charge on any atom is -0.423 e. The molecule has 1 aliphatic heterocycles. The molecule has 5 rings (SSSR count). The Morgan fingerprint density at radius 3 is 2.61 bits per heavy atom. The molecule has 1 amide bonds. The number of carbonyl (C=O) groups is 1. The number of anilines is 2. The molecule has 0 radical (unpaired) electrons. The van der Waals surface area contributed by atoms with Crippen LogP contribution in [0.4, 0.5) is 11.5 Å². The molecular weight excluding hydrogens is 440 g/mol. The first-order valence-corrected chi connectivity index (χ1v) is 10.8. The van der Waals surface area contributed by atoms with E-state index in [1.807, 2.05) is 47.4 Å². The van der Waals surface area contributed by atoms with E-state index in [4.69, 9.17) is 4.42 Å². The number of benzene rings is 2. The van der Waals surface area contributed by atoms with Gasteiger partial charge < -0.3 is 19.5 Å². The lowest BCUT2D eigenvalue weighted by Crippen LogP contribution is -2.51. The van der Waals surface area contributed by atoms with E-state index in [1.165, 1.54) is 6.07 Å². The van der Waals surface area contributed by atoms with Crippen LogP contribution in [-0.4, -0.2) is 48.5 Å². The predicted octanol–water partition coefficient (Wildman–Crippen LogP) is 3.91. The normalized spacial score (nSPS) is 13.9. The van der Waals surface area contributed by atoms with E-state index >= 15 is 0 Å². The Kier molecular flexibility index (Phi) is 6.79. The highest BCUT2D eigenvalue weighted by Crippen LogP contribution is 2.25. The minimum atomic E-state index is -0.375. The van der Waals surface area contributed by atoms with Crippen LogP contribution in [0.1, 0.15) is 6.42 Å². The van der Waals surface area contributed by atoms with Crippen molar-refractivity contribution in [2.24, 2.45) is 0 Å². The summed E-state index contributed by atoms with van der Waals surface area (Å²) in [5, 5.41) is 6.39. The van der Waals surface area contributed by atoms with Crippen LogP contribution in [0.25, 0.3) is 21.7 Å². The first-order valence-electron chi connectivity index (χ1n) is 10.8. The number of hydrogen-bond donors (Lipinski definition) is 1. The largest absolute Gasteiger partial charge is 0.423 e. The predicted molar refractivity (Wildman–Crippen MR) is 133 cm³/mol. The van der Waals surface area contributed by atoms with Gasteiger partial charge in [0.25, 0.3) is 0 Å². The van der Waals surface area contributed by atoms with Crippen LogP contribution in [0.3, 0.4) is 0 Å². The van der Waals surface area contributed by atoms with Gasteiger partial charge >= 0.3 is 5.63 Å². The lowest BCUT2D eigenvalue weighted by atomic mass is 10.1. The molecule has 0 bridgehead atoms. The number of rotatable bonds is 6. The number of amides is 1. The van der Waals surface area contributed by atoms with Crippen molar-refractivity contribution in [3.8, 4) is 0 Å². The highest BCUT2D eigenvalue weighted by molar-refractivity contribution is 5.94. The van der Waals surface area contributed by atoms with E-state index in [0.717, 1.165) is 40.6 Å². The van der Waals surface area contributed by atoms with Gasteiger partial charge in [0.05, 0.1) is 12.2 Å². The number of nitrogens with zero attached hydrogens (tertiary/aromatic N) is 3. The lowest BCUT2D eigenvalue weighted by molar-refractivity contribution is -0.131. The van der Waals surface area contributed by atoms with Crippen LogP contribution < -0.4 is 15.8 Å². The third kappa shape index (κ3) is 4.78. The molecule has 0 unspecified atom stereocenters. The minimum absolute atomic E-state index is 0. The zero-order chi connectivity index (χ0) is 21.9. The van der Waals surface area contributed by atoms with Gasteiger partial charge in [-0.15, -0.1) is 12.4 Å². The van der Waals surface area contributed by atoms with Crippen molar-refractivity contribution in [1.29, 1.82) is 0 Å². The number of nitrogens with one attached hydrogen (secondary N) is 1. The second-order valence-electron chi connectivity index (χ2n) is 7.91. The number of piperazine rings is 1. The van der Waals surface area contributed by atoms with E-state index in [-0.39, 0.29) is 23.9 Å². The fraction of sp³-hybridized carbons (Fsp3) is 0.240. The number of para-hydroxylation sites is 1. The summed E-state index contributed by atoms with van der Waals surface area (Å²) in [5.41, 5.74) is 0.949. The quantitative estimate of drug-likeness (QED) is 0.344. The third-order valence-corrected chi connectivity index (χ3v) is 5.84. The standard InChI is InChI=1S/C25H24N4O3.ClH/c30-23-17-29(25-19-7-2-1-6-18(19)10-12-27-25)15-14-28(23)13-5-11-26-21-16-24(31)32-22-9-4-3-8-20(21)22;/h1-4,6-10,12,16,26H,5,11,13-15,17H2;1H. The number of halogens is 1. The second kappa shape index (κ2) is 9.92. The van der Waals surface area contributed by atoms with Crippen molar-refractivity contribution in [2.45, 2.75) is 6.42 Å². The van der Waals surface area contributed by atoms with Crippen LogP contribution in [0.5, 0.6) is 0 Å². The van der Waals surface area contributed by atoms with Crippen molar-refractivity contribution in [3.63, 3.8) is 0 Å². The summed E-state index contributed by atoms with van der Waals surface area (Å²) in [6, 6.07) is 19.0. The molecule has 33 heavy (non-hydrogen) atoms. The van der Waals surface area contributed by atoms with Gasteiger partial charge in [-0.05, 0) is 30.0 Å². The maximum Gasteiger partial charge on any atom is 0.338 e. The zero-order valence-electron chi connectivity index (χ0n) is 18.1. The van der Waals surface area contributed by atoms with Crippen molar-refractivity contribution in [3.05, 3.63) is 77.3 Å². The molecule has 0 aliphatic carbocycles. The Labute approximate surface area is 197 Å². The first-order chi connectivity index (χ1) is 15.7. The van der Waals surface area contributed by atoms with Gasteiger partial charge in [-0.3, -0.25) is 4.79 Å². The number of fused-ring (bicyclic) bond motifs is 2. The topological polar surface area (TPSA) is 78.7 Å². The van der Waals surface area contributed by atoms with Crippen LogP contribution in [0.15, 0.2) is 76.1 Å². The van der Waals surface area contributed by atoms with Gasteiger partial charge in [-0.1, -0.05) is 36.4 Å². The van der Waals surface area contributed by atoms with Crippen molar-refractivity contribution >= 4 is 51.6 Å². The van der Waals surface area contributed by atoms with E-state index in [1.54, 1.807) is 12.3 Å². The Morgan fingerprint density at radius 2 is 1.76 bits per heavy atom. The molecule has 2 aromatic heterocycles. The summed E-state index contributed by atoms with van der Waals surface area (Å²) < 4.78 is 5.23. The summed E-state index contributed by atoms with van der Waals surface area (Å²) in [7, 11) is 0. The Hall–Kier alpha value is -3.58. The average molecular weight is 465 g/mol. The molecule has 4 aromatic rings. The van der Waals surface area contributed by atoms with Crippen molar-refractivity contribution in [1.82, 2.24) is 9.88 Å². The molecule has 0 spiro atoms. The average Bonchev–Trinajstić information content (AvgIpc) is 2.82. The van der Waals surface area contributed by atoms with Crippen LogP contribution >= 0.6 is 12.4 Å². The number of carbonyl (C=O) groups excluding carboxylic acids is 1. The van der Waals surface area contributed by atoms with E-state index < -0.39 is 0 Å². The molecule has 7 nitrogen and oxygen atoms in total. The molecule has 0 saturated carbocycles. The number of aromatic nitrogens is 1. The van der Waals surface area contributed by atoms with Gasteiger partial charge in [0.1, 0.15) is 11.4 Å². The summed E-state index contributed by atoms with van der Waals surface area (Å²) in [4.78, 5) is 33.1. The molecule has 0 atom stereocenters. The van der Waals surface area contributed by atoms with Crippen LogP contribution in [-0.2, 0) is 4.79 Å². The van der Waals surface area contributed by atoms with E-state index in [2.05, 4.69) is 21.3 Å². The van der Waals surface area contributed by atoms with Crippen molar-refractivity contribution in [2.75, 3.05) is 42.9 Å². The van der Waals surface area contributed by atoms with E-state index in [0.29, 0.717) is 31.8 Å². The smallest absolute Gasteiger partial charge is 0.338 e. The Bertz CT molecular complexity index is 1330. The number of hydrogen-bond acceptors (Lipinski definition) is 6.